The van der Waals surface area contributed by atoms with Crippen LogP contribution in [0.5, 0.6) is 0 Å². The molecule has 7 N–H and O–H groups in total. The molecule has 0 amide bonds. The monoisotopic (exact) mass is 258 g/mol. The second-order valence-electron chi connectivity index (χ2n) is 1.89. The van der Waals surface area contributed by atoms with E-state index in [0.717, 1.165) is 0 Å². The van der Waals surface area contributed by atoms with E-state index in [9.17, 15) is 0 Å². The Bertz CT molecular complexity index is 412. The van der Waals surface area contributed by atoms with Gasteiger partial charge < -0.3 is 30.4 Å². The Morgan fingerprint density at radius 3 is 2.00 bits per heavy atom. The van der Waals surface area contributed by atoms with E-state index in [-0.39, 0.29) is 5.95 Å². The minimum atomic E-state index is -4.64. The van der Waals surface area contributed by atoms with Crippen molar-refractivity contribution >= 4 is 38.2 Å². The zero-order valence-electron chi connectivity index (χ0n) is 6.54. The summed E-state index contributed by atoms with van der Waals surface area (Å²) in [6, 6.07) is 0. The van der Waals surface area contributed by atoms with Crippen molar-refractivity contribution < 1.29 is 19.2 Å². The van der Waals surface area contributed by atoms with Gasteiger partial charge in [0.2, 0.25) is 10.7 Å². The quantitative estimate of drug-likeness (QED) is 0.278. The Kier molecular flexibility index (Phi) is 5.05. The van der Waals surface area contributed by atoms with Crippen molar-refractivity contribution in [3.05, 3.63) is 9.54 Å². The smallest absolute Gasteiger partial charge is 0.369 e. The molecule has 1 aromatic heterocycles. The minimum Gasteiger partial charge on any atom is -0.369 e. The summed E-state index contributed by atoms with van der Waals surface area (Å²) >= 11 is 9.34. The van der Waals surface area contributed by atoms with Crippen molar-refractivity contribution in [2.24, 2.45) is 0 Å². The van der Waals surface area contributed by atoms with Gasteiger partial charge in [0.1, 0.15) is 0 Å². The predicted molar refractivity (Wildman–Crippen MR) is 53.3 cm³/mol. The molecule has 0 fully saturated rings. The second kappa shape index (κ2) is 5.29. The highest BCUT2D eigenvalue weighted by atomic mass is 32.1. The molecule has 0 saturated carbocycles. The number of aromatic nitrogens is 3. The zero-order valence-corrected chi connectivity index (χ0v) is 9.07. The maximum absolute atomic E-state index is 8.88. The molecule has 0 aromatic carbocycles. The molecule has 0 aliphatic heterocycles. The zero-order chi connectivity index (χ0) is 11.4. The maximum Gasteiger partial charge on any atom is 0.466 e. The fourth-order valence-electron chi connectivity index (χ4n) is 0.410. The van der Waals surface area contributed by atoms with Crippen LogP contribution in [0.4, 0.5) is 5.95 Å². The van der Waals surface area contributed by atoms with Crippen LogP contribution in [0.3, 0.4) is 0 Å². The molecule has 0 radical (unpaired) electrons. The SMILES string of the molecule is Nc1nc(=S)[nH]c(=S)[nH]1.O=P(O)(O)O. The number of nitrogens with two attached hydrogens (primary N) is 1. The number of phosphoric acid groups is 1. The number of H-pyrrole nitrogens is 2. The van der Waals surface area contributed by atoms with Gasteiger partial charge in [-0.25, -0.2) is 4.57 Å². The molecule has 0 unspecified atom stereocenters. The lowest BCUT2D eigenvalue weighted by atomic mass is 11.0. The summed E-state index contributed by atoms with van der Waals surface area (Å²) in [4.78, 5) is 30.4. The van der Waals surface area contributed by atoms with Gasteiger partial charge in [0.05, 0.1) is 0 Å². The average molecular weight is 258 g/mol. The molecule has 1 rings (SSSR count). The molecule has 0 atom stereocenters. The Labute approximate surface area is 88.1 Å². The van der Waals surface area contributed by atoms with Crippen LogP contribution < -0.4 is 5.73 Å². The van der Waals surface area contributed by atoms with Gasteiger partial charge in [0.25, 0.3) is 0 Å². The van der Waals surface area contributed by atoms with E-state index < -0.39 is 7.82 Å². The first-order chi connectivity index (χ1) is 6.18. The Hall–Kier alpha value is -0.640. The van der Waals surface area contributed by atoms with Crippen molar-refractivity contribution in [2.45, 2.75) is 0 Å². The van der Waals surface area contributed by atoms with Crippen molar-refractivity contribution in [1.82, 2.24) is 15.0 Å². The standard InChI is InChI=1S/C3H4N4S2.H3O4P/c4-1-5-2(8)7-3(9)6-1;1-5(2,3)4/h(H4,4,5,6,7,8,9);(H3,1,2,3,4). The molecule has 14 heavy (non-hydrogen) atoms. The molecule has 0 bridgehead atoms. The van der Waals surface area contributed by atoms with E-state index in [1.54, 1.807) is 0 Å². The van der Waals surface area contributed by atoms with E-state index in [2.05, 4.69) is 39.4 Å². The van der Waals surface area contributed by atoms with Gasteiger partial charge in [-0.3, -0.25) is 0 Å². The highest BCUT2D eigenvalue weighted by molar-refractivity contribution is 7.71. The molecule has 8 nitrogen and oxygen atoms in total. The topological polar surface area (TPSA) is 148 Å². The van der Waals surface area contributed by atoms with Gasteiger partial charge in [-0.2, -0.15) is 4.98 Å². The van der Waals surface area contributed by atoms with Gasteiger partial charge in [0, 0.05) is 0 Å². The molecule has 0 saturated heterocycles. The molecule has 1 heterocycles. The fourth-order valence-corrected chi connectivity index (χ4v) is 0.876. The number of anilines is 1. The molecule has 11 heteroatoms. The third-order valence-corrected chi connectivity index (χ3v) is 1.08. The lowest BCUT2D eigenvalue weighted by Gasteiger charge is -1.88. The lowest BCUT2D eigenvalue weighted by Crippen LogP contribution is -1.96. The van der Waals surface area contributed by atoms with Crippen molar-refractivity contribution in [3.8, 4) is 0 Å². The third kappa shape index (κ3) is 9.45. The van der Waals surface area contributed by atoms with Gasteiger partial charge in [0.15, 0.2) is 4.77 Å². The maximum atomic E-state index is 8.88. The number of nitrogens with zero attached hydrogens (tertiary/aromatic N) is 1. The van der Waals surface area contributed by atoms with Gasteiger partial charge in [-0.1, -0.05) is 0 Å². The molecular weight excluding hydrogens is 251 g/mol. The fraction of sp³-hybridized carbons (Fsp3) is 0. The summed E-state index contributed by atoms with van der Waals surface area (Å²) in [5.41, 5.74) is 5.24. The Morgan fingerprint density at radius 1 is 1.29 bits per heavy atom. The number of hydrogen-bond donors (Lipinski definition) is 6. The Morgan fingerprint density at radius 2 is 1.71 bits per heavy atom. The van der Waals surface area contributed by atoms with Crippen molar-refractivity contribution in [2.75, 3.05) is 5.73 Å². The number of nitrogens with one attached hydrogen (secondary N) is 2. The summed E-state index contributed by atoms with van der Waals surface area (Å²) < 4.78 is 9.58. The number of nitrogen functional groups attached to an aromatic ring is 1. The van der Waals surface area contributed by atoms with Crippen molar-refractivity contribution in [3.63, 3.8) is 0 Å². The van der Waals surface area contributed by atoms with Crippen molar-refractivity contribution in [1.29, 1.82) is 0 Å². The van der Waals surface area contributed by atoms with E-state index in [1.165, 1.54) is 0 Å². The van der Waals surface area contributed by atoms with Crippen LogP contribution in [0.2, 0.25) is 0 Å². The summed E-state index contributed by atoms with van der Waals surface area (Å²) in [5, 5.41) is 0. The molecular formula is C3H7N4O4PS2. The summed E-state index contributed by atoms with van der Waals surface area (Å²) in [6.07, 6.45) is 0. The third-order valence-electron chi connectivity index (χ3n) is 0.684. The normalized spacial score (nSPS) is 10.2. The lowest BCUT2D eigenvalue weighted by molar-refractivity contribution is 0.275. The number of aromatic amines is 2. The first-order valence-electron chi connectivity index (χ1n) is 2.93. The van der Waals surface area contributed by atoms with Crippen LogP contribution in [0.25, 0.3) is 0 Å². The van der Waals surface area contributed by atoms with E-state index in [4.69, 9.17) is 25.0 Å². The average Bonchev–Trinajstić information content (AvgIpc) is 1.77. The number of hydrogen-bond acceptors (Lipinski definition) is 5. The highest BCUT2D eigenvalue weighted by Gasteiger charge is 2.00. The summed E-state index contributed by atoms with van der Waals surface area (Å²) in [5.74, 6) is 0.240. The van der Waals surface area contributed by atoms with E-state index in [1.807, 2.05) is 0 Å². The largest absolute Gasteiger partial charge is 0.466 e. The second-order valence-corrected chi connectivity index (χ2v) is 3.72. The molecule has 0 aliphatic rings. The van der Waals surface area contributed by atoms with Gasteiger partial charge in [-0.15, -0.1) is 0 Å². The molecule has 80 valence electrons. The molecule has 0 aliphatic carbocycles. The van der Waals surface area contributed by atoms with E-state index >= 15 is 0 Å². The summed E-state index contributed by atoms with van der Waals surface area (Å²) in [6.45, 7) is 0. The molecule has 0 spiro atoms. The highest BCUT2D eigenvalue weighted by Crippen LogP contribution is 2.25. The van der Waals surface area contributed by atoms with Crippen LogP contribution >= 0.6 is 32.3 Å². The Balaban J connectivity index is 0.000000292. The van der Waals surface area contributed by atoms with Gasteiger partial charge in [-0.05, 0) is 24.4 Å². The number of rotatable bonds is 0. The minimum absolute atomic E-state index is 0.240. The molecule has 1 aromatic rings. The van der Waals surface area contributed by atoms with E-state index in [0.29, 0.717) is 9.54 Å². The first-order valence-corrected chi connectivity index (χ1v) is 5.31. The summed E-state index contributed by atoms with van der Waals surface area (Å²) in [7, 11) is -4.64. The first kappa shape index (κ1) is 13.4. The van der Waals surface area contributed by atoms with Crippen LogP contribution in [-0.2, 0) is 4.57 Å². The van der Waals surface area contributed by atoms with Crippen LogP contribution in [0.1, 0.15) is 0 Å². The predicted octanol–water partition coefficient (Wildman–Crippen LogP) is -0.150. The van der Waals surface area contributed by atoms with Crippen LogP contribution in [-0.4, -0.2) is 29.6 Å². The van der Waals surface area contributed by atoms with Gasteiger partial charge >= 0.3 is 7.82 Å². The van der Waals surface area contributed by atoms with Crippen LogP contribution in [0.15, 0.2) is 0 Å². The van der Waals surface area contributed by atoms with Crippen LogP contribution in [0, 0.1) is 9.54 Å².